The van der Waals surface area contributed by atoms with Gasteiger partial charge in [-0.05, 0) is 42.5 Å². The molecule has 1 amide bonds. The maximum absolute atomic E-state index is 12.4. The lowest BCUT2D eigenvalue weighted by molar-refractivity contribution is -0.133. The van der Waals surface area contributed by atoms with E-state index in [1.165, 1.54) is 24.0 Å². The Morgan fingerprint density at radius 2 is 1.84 bits per heavy atom. The maximum atomic E-state index is 12.4. The van der Waals surface area contributed by atoms with Crippen molar-refractivity contribution in [2.24, 2.45) is 0 Å². The van der Waals surface area contributed by atoms with Crippen LogP contribution in [0.5, 0.6) is 0 Å². The highest BCUT2D eigenvalue weighted by Crippen LogP contribution is 2.25. The molecule has 2 aliphatic rings. The van der Waals surface area contributed by atoms with Gasteiger partial charge in [-0.25, -0.2) is 0 Å². The smallest absolute Gasteiger partial charge is 0.223 e. The molecule has 1 aromatic carbocycles. The molecule has 0 N–H and O–H groups in total. The van der Waals surface area contributed by atoms with Crippen molar-refractivity contribution in [3.05, 3.63) is 59.5 Å². The van der Waals surface area contributed by atoms with Crippen LogP contribution in [0.2, 0.25) is 0 Å². The molecule has 1 fully saturated rings. The molecule has 1 unspecified atom stereocenters. The number of amides is 1. The van der Waals surface area contributed by atoms with Gasteiger partial charge in [-0.3, -0.25) is 9.69 Å². The van der Waals surface area contributed by atoms with Crippen molar-refractivity contribution < 1.29 is 9.21 Å². The summed E-state index contributed by atoms with van der Waals surface area (Å²) in [5.41, 5.74) is 3.03. The summed E-state index contributed by atoms with van der Waals surface area (Å²) >= 11 is 0. The molecule has 4 heteroatoms. The Kier molecular flexibility index (Phi) is 4.88. The molecular weight excluding hydrogens is 312 g/mol. The van der Waals surface area contributed by atoms with Gasteiger partial charge in [0.2, 0.25) is 5.91 Å². The number of furan rings is 1. The van der Waals surface area contributed by atoms with E-state index in [0.29, 0.717) is 18.9 Å². The molecule has 1 aliphatic heterocycles. The van der Waals surface area contributed by atoms with Gasteiger partial charge >= 0.3 is 0 Å². The molecule has 4 nitrogen and oxygen atoms in total. The molecule has 1 aromatic heterocycles. The lowest BCUT2D eigenvalue weighted by atomic mass is 9.87. The zero-order valence-electron chi connectivity index (χ0n) is 14.7. The van der Waals surface area contributed by atoms with E-state index in [2.05, 4.69) is 29.2 Å². The molecule has 0 bridgehead atoms. The van der Waals surface area contributed by atoms with Crippen molar-refractivity contribution >= 4 is 5.91 Å². The standard InChI is InChI=1S/C21H26N2O2/c24-21(10-9-20-6-3-15-25-20)23-13-11-22(12-14-23)19-8-7-17-4-1-2-5-18(17)16-19/h1-6,15,19H,7-14,16H2. The summed E-state index contributed by atoms with van der Waals surface area (Å²) in [7, 11) is 0. The van der Waals surface area contributed by atoms with Crippen LogP contribution >= 0.6 is 0 Å². The zero-order chi connectivity index (χ0) is 17.1. The Morgan fingerprint density at radius 3 is 2.60 bits per heavy atom. The first kappa shape index (κ1) is 16.4. The van der Waals surface area contributed by atoms with Crippen LogP contribution in [0.4, 0.5) is 0 Å². The summed E-state index contributed by atoms with van der Waals surface area (Å²) in [4.78, 5) is 17.0. The van der Waals surface area contributed by atoms with Gasteiger partial charge in [0.05, 0.1) is 6.26 Å². The number of nitrogens with zero attached hydrogens (tertiary/aromatic N) is 2. The summed E-state index contributed by atoms with van der Waals surface area (Å²) in [5.74, 6) is 1.15. The molecule has 1 aliphatic carbocycles. The van der Waals surface area contributed by atoms with Crippen molar-refractivity contribution in [1.82, 2.24) is 9.80 Å². The Morgan fingerprint density at radius 1 is 1.04 bits per heavy atom. The van der Waals surface area contributed by atoms with Crippen LogP contribution in [0.25, 0.3) is 0 Å². The van der Waals surface area contributed by atoms with Gasteiger partial charge in [-0.2, -0.15) is 0 Å². The third-order valence-corrected chi connectivity index (χ3v) is 5.67. The quantitative estimate of drug-likeness (QED) is 0.860. The van der Waals surface area contributed by atoms with E-state index < -0.39 is 0 Å². The van der Waals surface area contributed by atoms with E-state index in [1.807, 2.05) is 17.0 Å². The molecule has 0 spiro atoms. The zero-order valence-corrected chi connectivity index (χ0v) is 14.7. The third-order valence-electron chi connectivity index (χ3n) is 5.67. The van der Waals surface area contributed by atoms with Crippen LogP contribution in [-0.2, 0) is 24.1 Å². The van der Waals surface area contributed by atoms with Crippen LogP contribution in [0.3, 0.4) is 0 Å². The van der Waals surface area contributed by atoms with Gasteiger partial charge in [0.1, 0.15) is 5.76 Å². The predicted octanol–water partition coefficient (Wildman–Crippen LogP) is 2.91. The largest absolute Gasteiger partial charge is 0.469 e. The monoisotopic (exact) mass is 338 g/mol. The second-order valence-electron chi connectivity index (χ2n) is 7.16. The molecule has 1 atom stereocenters. The average molecular weight is 338 g/mol. The number of aryl methyl sites for hydroxylation is 2. The van der Waals surface area contributed by atoms with Gasteiger partial charge in [0.15, 0.2) is 0 Å². The third kappa shape index (κ3) is 3.79. The fourth-order valence-corrected chi connectivity index (χ4v) is 4.17. The van der Waals surface area contributed by atoms with Crippen molar-refractivity contribution in [1.29, 1.82) is 0 Å². The summed E-state index contributed by atoms with van der Waals surface area (Å²) in [6.07, 6.45) is 6.49. The second kappa shape index (κ2) is 7.44. The number of rotatable bonds is 4. The normalized spacial score (nSPS) is 21.1. The minimum atomic E-state index is 0.255. The van der Waals surface area contributed by atoms with Gasteiger partial charge < -0.3 is 9.32 Å². The first-order valence-electron chi connectivity index (χ1n) is 9.40. The minimum Gasteiger partial charge on any atom is -0.469 e. The average Bonchev–Trinajstić information content (AvgIpc) is 3.19. The van der Waals surface area contributed by atoms with Crippen LogP contribution in [0.1, 0.15) is 29.7 Å². The van der Waals surface area contributed by atoms with Gasteiger partial charge in [0, 0.05) is 45.1 Å². The lowest BCUT2D eigenvalue weighted by Gasteiger charge is -2.41. The number of benzene rings is 1. The highest BCUT2D eigenvalue weighted by atomic mass is 16.3. The Balaban J connectivity index is 1.26. The highest BCUT2D eigenvalue weighted by molar-refractivity contribution is 5.76. The van der Waals surface area contributed by atoms with Gasteiger partial charge in [-0.1, -0.05) is 24.3 Å². The number of fused-ring (bicyclic) bond motifs is 1. The predicted molar refractivity (Wildman–Crippen MR) is 97.4 cm³/mol. The minimum absolute atomic E-state index is 0.255. The van der Waals surface area contributed by atoms with Crippen molar-refractivity contribution in [2.75, 3.05) is 26.2 Å². The van der Waals surface area contributed by atoms with Crippen LogP contribution in [0.15, 0.2) is 47.1 Å². The molecule has 0 radical (unpaired) electrons. The first-order chi connectivity index (χ1) is 12.3. The lowest BCUT2D eigenvalue weighted by Crippen LogP contribution is -2.53. The van der Waals surface area contributed by atoms with E-state index in [-0.39, 0.29) is 5.91 Å². The number of hydrogen-bond acceptors (Lipinski definition) is 3. The van der Waals surface area contributed by atoms with E-state index in [1.54, 1.807) is 6.26 Å². The Bertz CT molecular complexity index is 702. The number of hydrogen-bond donors (Lipinski definition) is 0. The molecule has 25 heavy (non-hydrogen) atoms. The molecular formula is C21H26N2O2. The topological polar surface area (TPSA) is 36.7 Å². The van der Waals surface area contributed by atoms with E-state index in [4.69, 9.17) is 4.42 Å². The Labute approximate surface area is 149 Å². The van der Waals surface area contributed by atoms with Crippen molar-refractivity contribution in [3.63, 3.8) is 0 Å². The van der Waals surface area contributed by atoms with Gasteiger partial charge in [0.25, 0.3) is 0 Å². The van der Waals surface area contributed by atoms with Crippen molar-refractivity contribution in [2.45, 2.75) is 38.1 Å². The van der Waals surface area contributed by atoms with Gasteiger partial charge in [-0.15, -0.1) is 0 Å². The summed E-state index contributed by atoms with van der Waals surface area (Å²) in [6, 6.07) is 13.3. The number of piperazine rings is 1. The molecule has 2 heterocycles. The summed E-state index contributed by atoms with van der Waals surface area (Å²) in [5, 5.41) is 0. The SMILES string of the molecule is O=C(CCc1ccco1)N1CCN(C2CCc3ccccc3C2)CC1. The van der Waals surface area contributed by atoms with Crippen LogP contribution in [0, 0.1) is 0 Å². The van der Waals surface area contributed by atoms with Crippen LogP contribution < -0.4 is 0 Å². The van der Waals surface area contributed by atoms with E-state index >= 15 is 0 Å². The number of carbonyl (C=O) groups excluding carboxylic acids is 1. The Hall–Kier alpha value is -2.07. The summed E-state index contributed by atoms with van der Waals surface area (Å²) < 4.78 is 5.32. The van der Waals surface area contributed by atoms with E-state index in [0.717, 1.165) is 38.4 Å². The second-order valence-corrected chi connectivity index (χ2v) is 7.16. The van der Waals surface area contributed by atoms with Crippen molar-refractivity contribution in [3.8, 4) is 0 Å². The fraction of sp³-hybridized carbons (Fsp3) is 0.476. The molecule has 2 aromatic rings. The summed E-state index contributed by atoms with van der Waals surface area (Å²) in [6.45, 7) is 3.71. The number of carbonyl (C=O) groups is 1. The van der Waals surface area contributed by atoms with E-state index in [9.17, 15) is 4.79 Å². The molecule has 4 rings (SSSR count). The molecule has 1 saturated heterocycles. The first-order valence-corrected chi connectivity index (χ1v) is 9.40. The maximum Gasteiger partial charge on any atom is 0.223 e. The molecule has 0 saturated carbocycles. The highest BCUT2D eigenvalue weighted by Gasteiger charge is 2.28. The van der Waals surface area contributed by atoms with Crippen LogP contribution in [-0.4, -0.2) is 47.9 Å². The molecule has 132 valence electrons. The fourth-order valence-electron chi connectivity index (χ4n) is 4.17.